The summed E-state index contributed by atoms with van der Waals surface area (Å²) in [6.45, 7) is 5.98. The zero-order chi connectivity index (χ0) is 22.9. The molecule has 2 N–H and O–H groups in total. The molecule has 166 valence electrons. The predicted molar refractivity (Wildman–Crippen MR) is 107 cm³/mol. The van der Waals surface area contributed by atoms with Crippen molar-refractivity contribution in [3.63, 3.8) is 0 Å². The summed E-state index contributed by atoms with van der Waals surface area (Å²) in [5.41, 5.74) is 5.34. The normalized spacial score (nSPS) is 13.5. The van der Waals surface area contributed by atoms with Crippen molar-refractivity contribution in [1.82, 2.24) is 0 Å². The fraction of sp³-hybridized carbons (Fsp3) is 0.524. The molecule has 1 aromatic rings. The third-order valence-corrected chi connectivity index (χ3v) is 4.43. The first-order valence-corrected chi connectivity index (χ1v) is 9.56. The van der Waals surface area contributed by atoms with Gasteiger partial charge in [0.2, 0.25) is 0 Å². The molecule has 0 fully saturated rings. The van der Waals surface area contributed by atoms with Crippen molar-refractivity contribution in [2.24, 2.45) is 11.7 Å². The van der Waals surface area contributed by atoms with Gasteiger partial charge in [0, 0.05) is 26.7 Å². The third-order valence-electron chi connectivity index (χ3n) is 4.43. The summed E-state index contributed by atoms with van der Waals surface area (Å²) >= 11 is 0. The standard InChI is InChI=1S/C21H29NO8/c1-6-13(2)19(25)28-10-9-21(22,20(26)27-5)12-16-7-8-17(29-14(3)23)18(11-16)30-15(4)24/h7-8,11,13H,6,9-10,12,22H2,1-5H3/t13-,21?/m0/s1. The van der Waals surface area contributed by atoms with E-state index in [0.717, 1.165) is 0 Å². The summed E-state index contributed by atoms with van der Waals surface area (Å²) in [5.74, 6) is -2.41. The van der Waals surface area contributed by atoms with Crippen LogP contribution in [0, 0.1) is 5.92 Å². The van der Waals surface area contributed by atoms with E-state index in [1.54, 1.807) is 13.0 Å². The van der Waals surface area contributed by atoms with Gasteiger partial charge in [0.05, 0.1) is 19.6 Å². The van der Waals surface area contributed by atoms with Gasteiger partial charge < -0.3 is 24.7 Å². The summed E-state index contributed by atoms with van der Waals surface area (Å²) in [7, 11) is 1.21. The van der Waals surface area contributed by atoms with Gasteiger partial charge in [0.25, 0.3) is 0 Å². The SMILES string of the molecule is CC[C@H](C)C(=O)OCCC(N)(Cc1ccc(OC(C)=O)c(OC(C)=O)c1)C(=O)OC. The minimum Gasteiger partial charge on any atom is -0.468 e. The van der Waals surface area contributed by atoms with Crippen LogP contribution in [0.25, 0.3) is 0 Å². The largest absolute Gasteiger partial charge is 0.468 e. The number of carbonyl (C=O) groups is 4. The first kappa shape index (κ1) is 25.1. The highest BCUT2D eigenvalue weighted by Crippen LogP contribution is 2.30. The molecule has 0 spiro atoms. The third kappa shape index (κ3) is 7.47. The van der Waals surface area contributed by atoms with E-state index in [1.165, 1.54) is 33.1 Å². The first-order valence-electron chi connectivity index (χ1n) is 9.56. The molecule has 0 aliphatic rings. The number of hydrogen-bond acceptors (Lipinski definition) is 9. The van der Waals surface area contributed by atoms with E-state index in [-0.39, 0.29) is 42.8 Å². The number of rotatable bonds is 10. The minimum atomic E-state index is -1.49. The summed E-state index contributed by atoms with van der Waals surface area (Å²) in [5, 5.41) is 0. The summed E-state index contributed by atoms with van der Waals surface area (Å²) in [6, 6.07) is 4.48. The fourth-order valence-electron chi connectivity index (χ4n) is 2.61. The molecule has 1 unspecified atom stereocenters. The Morgan fingerprint density at radius 2 is 1.67 bits per heavy atom. The molecule has 0 amide bonds. The van der Waals surface area contributed by atoms with Crippen LogP contribution >= 0.6 is 0 Å². The van der Waals surface area contributed by atoms with Crippen LogP contribution in [-0.4, -0.2) is 43.1 Å². The van der Waals surface area contributed by atoms with Gasteiger partial charge in [-0.1, -0.05) is 19.9 Å². The van der Waals surface area contributed by atoms with E-state index in [9.17, 15) is 19.2 Å². The summed E-state index contributed by atoms with van der Waals surface area (Å²) in [6.07, 6.45) is 0.669. The van der Waals surface area contributed by atoms with Gasteiger partial charge in [-0.25, -0.2) is 0 Å². The molecule has 0 radical (unpaired) electrons. The minimum absolute atomic E-state index is 0.00910. The average molecular weight is 423 g/mol. The van der Waals surface area contributed by atoms with Crippen molar-refractivity contribution >= 4 is 23.9 Å². The van der Waals surface area contributed by atoms with Gasteiger partial charge in [0.1, 0.15) is 5.54 Å². The highest BCUT2D eigenvalue weighted by molar-refractivity contribution is 5.81. The van der Waals surface area contributed by atoms with Gasteiger partial charge in [-0.05, 0) is 24.1 Å². The van der Waals surface area contributed by atoms with Gasteiger partial charge in [-0.2, -0.15) is 0 Å². The second-order valence-electron chi connectivity index (χ2n) is 7.02. The Balaban J connectivity index is 3.05. The number of nitrogens with two attached hydrogens (primary N) is 1. The molecule has 0 aliphatic carbocycles. The molecule has 9 nitrogen and oxygen atoms in total. The quantitative estimate of drug-likeness (QED) is 0.443. The molecular formula is C21H29NO8. The van der Waals surface area contributed by atoms with Crippen LogP contribution in [-0.2, 0) is 35.1 Å². The molecule has 30 heavy (non-hydrogen) atoms. The number of methoxy groups -OCH3 is 1. The number of ether oxygens (including phenoxy) is 4. The summed E-state index contributed by atoms with van der Waals surface area (Å²) in [4.78, 5) is 46.8. The highest BCUT2D eigenvalue weighted by atomic mass is 16.6. The smallest absolute Gasteiger partial charge is 0.326 e. The predicted octanol–water partition coefficient (Wildman–Crippen LogP) is 1.93. The maximum Gasteiger partial charge on any atom is 0.326 e. The number of carbonyl (C=O) groups excluding carboxylic acids is 4. The molecule has 1 rings (SSSR count). The van der Waals surface area contributed by atoms with Crippen LogP contribution in [0.5, 0.6) is 11.5 Å². The van der Waals surface area contributed by atoms with Gasteiger partial charge in [-0.3, -0.25) is 19.2 Å². The lowest BCUT2D eigenvalue weighted by Crippen LogP contribution is -2.51. The topological polar surface area (TPSA) is 131 Å². The van der Waals surface area contributed by atoms with Crippen molar-refractivity contribution in [3.8, 4) is 11.5 Å². The van der Waals surface area contributed by atoms with Gasteiger partial charge in [-0.15, -0.1) is 0 Å². The Morgan fingerprint density at radius 3 is 2.20 bits per heavy atom. The second-order valence-corrected chi connectivity index (χ2v) is 7.02. The Hall–Kier alpha value is -2.94. The van der Waals surface area contributed by atoms with Gasteiger partial charge in [0.15, 0.2) is 11.5 Å². The Bertz CT molecular complexity index is 791. The van der Waals surface area contributed by atoms with Crippen LogP contribution in [0.3, 0.4) is 0 Å². The zero-order valence-electron chi connectivity index (χ0n) is 18.0. The zero-order valence-corrected chi connectivity index (χ0v) is 18.0. The number of esters is 4. The van der Waals surface area contributed by atoms with Crippen LogP contribution in [0.1, 0.15) is 46.1 Å². The van der Waals surface area contributed by atoms with E-state index < -0.39 is 23.4 Å². The van der Waals surface area contributed by atoms with Crippen molar-refractivity contribution in [2.75, 3.05) is 13.7 Å². The lowest BCUT2D eigenvalue weighted by molar-refractivity contribution is -0.153. The molecule has 2 atom stereocenters. The maximum absolute atomic E-state index is 12.3. The Labute approximate surface area is 175 Å². The molecule has 0 saturated carbocycles. The lowest BCUT2D eigenvalue weighted by Gasteiger charge is -2.27. The van der Waals surface area contributed by atoms with Crippen LogP contribution < -0.4 is 15.2 Å². The van der Waals surface area contributed by atoms with E-state index >= 15 is 0 Å². The fourth-order valence-corrected chi connectivity index (χ4v) is 2.61. The van der Waals surface area contributed by atoms with Gasteiger partial charge >= 0.3 is 23.9 Å². The molecular weight excluding hydrogens is 394 g/mol. The number of benzene rings is 1. The molecule has 1 aromatic carbocycles. The van der Waals surface area contributed by atoms with Crippen molar-refractivity contribution in [1.29, 1.82) is 0 Å². The molecule has 0 heterocycles. The molecule has 0 bridgehead atoms. The average Bonchev–Trinajstić information content (AvgIpc) is 2.67. The molecule has 0 aliphatic heterocycles. The Morgan fingerprint density at radius 1 is 1.07 bits per heavy atom. The van der Waals surface area contributed by atoms with Crippen molar-refractivity contribution in [3.05, 3.63) is 23.8 Å². The monoisotopic (exact) mass is 423 g/mol. The van der Waals surface area contributed by atoms with E-state index in [0.29, 0.717) is 12.0 Å². The highest BCUT2D eigenvalue weighted by Gasteiger charge is 2.36. The molecule has 9 heteroatoms. The van der Waals surface area contributed by atoms with E-state index in [2.05, 4.69) is 0 Å². The van der Waals surface area contributed by atoms with Crippen LogP contribution in [0.2, 0.25) is 0 Å². The maximum atomic E-state index is 12.3. The molecule has 0 aromatic heterocycles. The Kier molecular flexibility index (Phi) is 9.45. The van der Waals surface area contributed by atoms with Crippen LogP contribution in [0.15, 0.2) is 18.2 Å². The second kappa shape index (κ2) is 11.3. The summed E-state index contributed by atoms with van der Waals surface area (Å²) < 4.78 is 20.2. The van der Waals surface area contributed by atoms with Crippen molar-refractivity contribution in [2.45, 2.75) is 52.5 Å². The lowest BCUT2D eigenvalue weighted by atomic mass is 9.88. The van der Waals surface area contributed by atoms with E-state index in [4.69, 9.17) is 24.7 Å². The van der Waals surface area contributed by atoms with Crippen LogP contribution in [0.4, 0.5) is 0 Å². The molecule has 0 saturated heterocycles. The first-order chi connectivity index (χ1) is 14.0. The van der Waals surface area contributed by atoms with Crippen molar-refractivity contribution < 1.29 is 38.1 Å². The van der Waals surface area contributed by atoms with E-state index in [1.807, 2.05) is 6.92 Å². The number of hydrogen-bond donors (Lipinski definition) is 1.